The van der Waals surface area contributed by atoms with Crippen LogP contribution in [0.5, 0.6) is 0 Å². The summed E-state index contributed by atoms with van der Waals surface area (Å²) < 4.78 is 0. The summed E-state index contributed by atoms with van der Waals surface area (Å²) in [4.78, 5) is 18.4. The molecule has 0 N–H and O–H groups in total. The molecular formula is C14H17ClN2O. The Hall–Kier alpha value is -1.35. The van der Waals surface area contributed by atoms with Crippen LogP contribution in [0.3, 0.4) is 0 Å². The number of halogens is 1. The first-order valence-electron chi connectivity index (χ1n) is 6.21. The number of hydrogen-bond donors (Lipinski definition) is 0. The first-order valence-corrected chi connectivity index (χ1v) is 6.59. The van der Waals surface area contributed by atoms with Gasteiger partial charge in [-0.25, -0.2) is 4.98 Å². The minimum atomic E-state index is 0.0396. The molecule has 0 bridgehead atoms. The molecule has 0 saturated carbocycles. The molecule has 3 nitrogen and oxygen atoms in total. The Morgan fingerprint density at radius 3 is 2.89 bits per heavy atom. The molecule has 0 aliphatic carbocycles. The maximum absolute atomic E-state index is 12.3. The normalized spacial score (nSPS) is 15.5. The predicted octanol–water partition coefficient (Wildman–Crippen LogP) is 3.09. The number of pyridine rings is 1. The van der Waals surface area contributed by atoms with Gasteiger partial charge in [-0.15, -0.1) is 0 Å². The number of hydrogen-bond acceptors (Lipinski definition) is 2. The molecule has 0 radical (unpaired) electrons. The maximum atomic E-state index is 12.3. The summed E-state index contributed by atoms with van der Waals surface area (Å²) in [6, 6.07) is 3.48. The Bertz CT molecular complexity index is 497. The van der Waals surface area contributed by atoms with Gasteiger partial charge in [0.25, 0.3) is 5.91 Å². The minimum absolute atomic E-state index is 0.0396. The monoisotopic (exact) mass is 264 g/mol. The lowest BCUT2D eigenvalue weighted by Crippen LogP contribution is -2.34. The number of nitrogens with zero attached hydrogens (tertiary/aromatic N) is 2. The predicted molar refractivity (Wildman–Crippen MR) is 72.9 cm³/mol. The van der Waals surface area contributed by atoms with Crippen LogP contribution in [-0.4, -0.2) is 28.9 Å². The number of carbonyl (C=O) groups excluding carboxylic acids is 1. The van der Waals surface area contributed by atoms with Crippen LogP contribution in [0.15, 0.2) is 23.8 Å². The SMILES string of the molecule is CCc1cc(C(=O)N2CC=C(C)CC2)cc(Cl)n1. The molecule has 0 atom stereocenters. The summed E-state index contributed by atoms with van der Waals surface area (Å²) in [6.45, 7) is 5.56. The Morgan fingerprint density at radius 1 is 1.50 bits per heavy atom. The van der Waals surface area contributed by atoms with Crippen molar-refractivity contribution in [2.24, 2.45) is 0 Å². The number of carbonyl (C=O) groups is 1. The third-order valence-corrected chi connectivity index (χ3v) is 3.37. The largest absolute Gasteiger partial charge is 0.335 e. The lowest BCUT2D eigenvalue weighted by atomic mass is 10.1. The van der Waals surface area contributed by atoms with E-state index in [0.717, 1.165) is 25.1 Å². The molecular weight excluding hydrogens is 248 g/mol. The van der Waals surface area contributed by atoms with Crippen LogP contribution in [0, 0.1) is 0 Å². The molecule has 0 saturated heterocycles. The van der Waals surface area contributed by atoms with Gasteiger partial charge in [0.1, 0.15) is 5.15 Å². The van der Waals surface area contributed by atoms with Crippen LogP contribution < -0.4 is 0 Å². The zero-order valence-corrected chi connectivity index (χ0v) is 11.5. The lowest BCUT2D eigenvalue weighted by molar-refractivity contribution is 0.0769. The summed E-state index contributed by atoms with van der Waals surface area (Å²) in [6.07, 6.45) is 3.83. The van der Waals surface area contributed by atoms with Crippen molar-refractivity contribution in [1.82, 2.24) is 9.88 Å². The highest BCUT2D eigenvalue weighted by atomic mass is 35.5. The van der Waals surface area contributed by atoms with Crippen molar-refractivity contribution in [2.75, 3.05) is 13.1 Å². The van der Waals surface area contributed by atoms with Crippen LogP contribution in [0.2, 0.25) is 5.15 Å². The van der Waals surface area contributed by atoms with Crippen molar-refractivity contribution in [3.63, 3.8) is 0 Å². The van der Waals surface area contributed by atoms with Crippen molar-refractivity contribution < 1.29 is 4.79 Å². The van der Waals surface area contributed by atoms with E-state index in [-0.39, 0.29) is 5.91 Å². The molecule has 0 aromatic carbocycles. The number of aryl methyl sites for hydroxylation is 1. The van der Waals surface area contributed by atoms with Crippen LogP contribution in [0.25, 0.3) is 0 Å². The third-order valence-electron chi connectivity index (χ3n) is 3.18. The second-order valence-corrected chi connectivity index (χ2v) is 4.96. The molecule has 96 valence electrons. The lowest BCUT2D eigenvalue weighted by Gasteiger charge is -2.25. The molecule has 2 heterocycles. The second kappa shape index (κ2) is 5.53. The Labute approximate surface area is 112 Å². The molecule has 4 heteroatoms. The van der Waals surface area contributed by atoms with Gasteiger partial charge in [-0.3, -0.25) is 4.79 Å². The van der Waals surface area contributed by atoms with E-state index in [1.54, 1.807) is 6.07 Å². The van der Waals surface area contributed by atoms with Crippen molar-refractivity contribution >= 4 is 17.5 Å². The molecule has 1 amide bonds. The van der Waals surface area contributed by atoms with Crippen LogP contribution in [-0.2, 0) is 6.42 Å². The van der Waals surface area contributed by atoms with Crippen molar-refractivity contribution in [2.45, 2.75) is 26.7 Å². The molecule has 1 aliphatic rings. The van der Waals surface area contributed by atoms with Gasteiger partial charge in [0.05, 0.1) is 0 Å². The summed E-state index contributed by atoms with van der Waals surface area (Å²) in [7, 11) is 0. The van der Waals surface area contributed by atoms with Crippen LogP contribution in [0.4, 0.5) is 0 Å². The van der Waals surface area contributed by atoms with Gasteiger partial charge in [-0.1, -0.05) is 30.2 Å². The highest BCUT2D eigenvalue weighted by Crippen LogP contribution is 2.16. The molecule has 0 spiro atoms. The fourth-order valence-corrected chi connectivity index (χ4v) is 2.22. The van der Waals surface area contributed by atoms with E-state index in [1.165, 1.54) is 5.57 Å². The van der Waals surface area contributed by atoms with E-state index in [9.17, 15) is 4.79 Å². The number of amides is 1. The van der Waals surface area contributed by atoms with Gasteiger partial charge in [0.15, 0.2) is 0 Å². The van der Waals surface area contributed by atoms with Gasteiger partial charge in [0.2, 0.25) is 0 Å². The highest BCUT2D eigenvalue weighted by molar-refractivity contribution is 6.29. The van der Waals surface area contributed by atoms with Gasteiger partial charge in [0, 0.05) is 24.3 Å². The van der Waals surface area contributed by atoms with Gasteiger partial charge in [-0.05, 0) is 31.9 Å². The van der Waals surface area contributed by atoms with E-state index in [4.69, 9.17) is 11.6 Å². The number of aromatic nitrogens is 1. The maximum Gasteiger partial charge on any atom is 0.254 e. The minimum Gasteiger partial charge on any atom is -0.335 e. The van der Waals surface area contributed by atoms with Crippen molar-refractivity contribution in [3.8, 4) is 0 Å². The molecule has 18 heavy (non-hydrogen) atoms. The molecule has 0 unspecified atom stereocenters. The first kappa shape index (κ1) is 13.1. The molecule has 1 aliphatic heterocycles. The zero-order chi connectivity index (χ0) is 13.1. The summed E-state index contributed by atoms with van der Waals surface area (Å²) in [5, 5.41) is 0.390. The molecule has 1 aromatic heterocycles. The van der Waals surface area contributed by atoms with E-state index in [2.05, 4.69) is 18.0 Å². The fraction of sp³-hybridized carbons (Fsp3) is 0.429. The molecule has 0 fully saturated rings. The summed E-state index contributed by atoms with van der Waals surface area (Å²) in [5.41, 5.74) is 2.84. The Balaban J connectivity index is 2.21. The van der Waals surface area contributed by atoms with E-state index < -0.39 is 0 Å². The topological polar surface area (TPSA) is 33.2 Å². The average Bonchev–Trinajstić information content (AvgIpc) is 2.38. The second-order valence-electron chi connectivity index (χ2n) is 4.58. The van der Waals surface area contributed by atoms with E-state index in [0.29, 0.717) is 17.3 Å². The Morgan fingerprint density at radius 2 is 2.28 bits per heavy atom. The molecule has 2 rings (SSSR count). The summed E-state index contributed by atoms with van der Waals surface area (Å²) in [5.74, 6) is 0.0396. The quantitative estimate of drug-likeness (QED) is 0.608. The van der Waals surface area contributed by atoms with Crippen molar-refractivity contribution in [1.29, 1.82) is 0 Å². The fourth-order valence-electron chi connectivity index (χ4n) is 1.99. The standard InChI is InChI=1S/C14H17ClN2O/c1-3-12-8-11(9-13(15)16-12)14(18)17-6-4-10(2)5-7-17/h4,8-9H,3,5-7H2,1-2H3. The van der Waals surface area contributed by atoms with Crippen molar-refractivity contribution in [3.05, 3.63) is 40.2 Å². The highest BCUT2D eigenvalue weighted by Gasteiger charge is 2.18. The molecule has 1 aromatic rings. The van der Waals surface area contributed by atoms with Crippen LogP contribution >= 0.6 is 11.6 Å². The Kier molecular flexibility index (Phi) is 4.02. The van der Waals surface area contributed by atoms with E-state index in [1.807, 2.05) is 17.9 Å². The van der Waals surface area contributed by atoms with Gasteiger partial charge in [-0.2, -0.15) is 0 Å². The first-order chi connectivity index (χ1) is 8.60. The summed E-state index contributed by atoms with van der Waals surface area (Å²) >= 11 is 5.94. The van der Waals surface area contributed by atoms with E-state index >= 15 is 0 Å². The van der Waals surface area contributed by atoms with Gasteiger partial charge >= 0.3 is 0 Å². The smallest absolute Gasteiger partial charge is 0.254 e. The third kappa shape index (κ3) is 2.91. The van der Waals surface area contributed by atoms with Crippen LogP contribution in [0.1, 0.15) is 36.3 Å². The average molecular weight is 265 g/mol. The zero-order valence-electron chi connectivity index (χ0n) is 10.7. The number of rotatable bonds is 2. The van der Waals surface area contributed by atoms with Gasteiger partial charge < -0.3 is 4.90 Å².